The van der Waals surface area contributed by atoms with Crippen molar-refractivity contribution in [1.82, 2.24) is 0 Å². The van der Waals surface area contributed by atoms with Crippen molar-refractivity contribution in [3.05, 3.63) is 47.3 Å². The standard InChI is InChI=1S/C12H12FN/c1-2-9-7-12(14-8-9)10-5-3-4-6-11(10)13/h3-7H,2,8H2,1H3. The number of halogens is 1. The summed E-state index contributed by atoms with van der Waals surface area (Å²) in [5, 5.41) is 0. The van der Waals surface area contributed by atoms with Crippen LogP contribution in [-0.2, 0) is 0 Å². The average molecular weight is 189 g/mol. The summed E-state index contributed by atoms with van der Waals surface area (Å²) in [5.41, 5.74) is 2.65. The predicted molar refractivity (Wildman–Crippen MR) is 56.2 cm³/mol. The lowest BCUT2D eigenvalue weighted by Gasteiger charge is -1.98. The highest BCUT2D eigenvalue weighted by atomic mass is 19.1. The highest BCUT2D eigenvalue weighted by molar-refractivity contribution is 6.10. The maximum Gasteiger partial charge on any atom is 0.132 e. The van der Waals surface area contributed by atoms with Crippen LogP contribution in [-0.4, -0.2) is 12.3 Å². The fraction of sp³-hybridized carbons (Fsp3) is 0.250. The summed E-state index contributed by atoms with van der Waals surface area (Å²) >= 11 is 0. The molecule has 0 aliphatic carbocycles. The van der Waals surface area contributed by atoms with E-state index in [1.165, 1.54) is 11.6 Å². The summed E-state index contributed by atoms with van der Waals surface area (Å²) in [6.45, 7) is 2.81. The van der Waals surface area contributed by atoms with Gasteiger partial charge in [-0.25, -0.2) is 4.39 Å². The van der Waals surface area contributed by atoms with Gasteiger partial charge in [-0.05, 0) is 30.2 Å². The van der Waals surface area contributed by atoms with Crippen molar-refractivity contribution in [2.24, 2.45) is 4.99 Å². The second-order valence-corrected chi connectivity index (χ2v) is 3.34. The van der Waals surface area contributed by atoms with Gasteiger partial charge in [-0.2, -0.15) is 0 Å². The number of benzene rings is 1. The van der Waals surface area contributed by atoms with Gasteiger partial charge in [0.1, 0.15) is 5.82 Å². The minimum atomic E-state index is -0.195. The summed E-state index contributed by atoms with van der Waals surface area (Å²) in [6.07, 6.45) is 2.97. The molecule has 1 aliphatic rings. The Hall–Kier alpha value is -1.44. The number of aliphatic imine (C=N–C) groups is 1. The Labute approximate surface area is 83.0 Å². The molecule has 2 heteroatoms. The van der Waals surface area contributed by atoms with E-state index in [-0.39, 0.29) is 5.82 Å². The molecule has 0 atom stereocenters. The van der Waals surface area contributed by atoms with Crippen LogP contribution in [0.4, 0.5) is 4.39 Å². The SMILES string of the molecule is CCC1=CC(c2ccccc2F)=NC1. The molecule has 1 aliphatic heterocycles. The van der Waals surface area contributed by atoms with Crippen LogP contribution in [0.2, 0.25) is 0 Å². The van der Waals surface area contributed by atoms with Crippen LogP contribution in [0.1, 0.15) is 18.9 Å². The molecule has 1 aromatic rings. The van der Waals surface area contributed by atoms with Crippen molar-refractivity contribution in [3.8, 4) is 0 Å². The molecule has 0 saturated heterocycles. The molecule has 1 nitrogen and oxygen atoms in total. The molecule has 14 heavy (non-hydrogen) atoms. The second kappa shape index (κ2) is 3.74. The topological polar surface area (TPSA) is 12.4 Å². The number of allylic oxidation sites excluding steroid dienone is 1. The molecule has 0 amide bonds. The quantitative estimate of drug-likeness (QED) is 0.678. The van der Waals surface area contributed by atoms with Crippen LogP contribution in [0.25, 0.3) is 0 Å². The lowest BCUT2D eigenvalue weighted by Crippen LogP contribution is -1.97. The van der Waals surface area contributed by atoms with E-state index in [0.717, 1.165) is 18.7 Å². The van der Waals surface area contributed by atoms with Crippen LogP contribution < -0.4 is 0 Å². The summed E-state index contributed by atoms with van der Waals surface area (Å²) < 4.78 is 13.4. The van der Waals surface area contributed by atoms with Gasteiger partial charge in [0, 0.05) is 5.56 Å². The van der Waals surface area contributed by atoms with Crippen LogP contribution in [0, 0.1) is 5.82 Å². The Balaban J connectivity index is 2.34. The maximum absolute atomic E-state index is 13.4. The molecule has 1 heterocycles. The molecule has 72 valence electrons. The average Bonchev–Trinajstić information content (AvgIpc) is 2.67. The zero-order valence-electron chi connectivity index (χ0n) is 8.13. The number of hydrogen-bond acceptors (Lipinski definition) is 1. The van der Waals surface area contributed by atoms with Gasteiger partial charge in [0.2, 0.25) is 0 Å². The first kappa shape index (κ1) is 9.13. The zero-order chi connectivity index (χ0) is 9.97. The molecule has 0 fully saturated rings. The molecular formula is C12H12FN. The minimum absolute atomic E-state index is 0.195. The lowest BCUT2D eigenvalue weighted by molar-refractivity contribution is 0.625. The number of hydrogen-bond donors (Lipinski definition) is 0. The minimum Gasteiger partial charge on any atom is -0.280 e. The maximum atomic E-state index is 13.4. The van der Waals surface area contributed by atoms with E-state index in [1.807, 2.05) is 12.1 Å². The number of rotatable bonds is 2. The Morgan fingerprint density at radius 1 is 1.36 bits per heavy atom. The Morgan fingerprint density at radius 2 is 2.14 bits per heavy atom. The van der Waals surface area contributed by atoms with Crippen molar-refractivity contribution < 1.29 is 4.39 Å². The highest BCUT2D eigenvalue weighted by Crippen LogP contribution is 2.16. The molecule has 1 aromatic carbocycles. The first-order valence-corrected chi connectivity index (χ1v) is 4.80. The van der Waals surface area contributed by atoms with E-state index in [4.69, 9.17) is 0 Å². The van der Waals surface area contributed by atoms with E-state index in [9.17, 15) is 4.39 Å². The molecular weight excluding hydrogens is 177 g/mol. The fourth-order valence-corrected chi connectivity index (χ4v) is 1.52. The van der Waals surface area contributed by atoms with Gasteiger partial charge < -0.3 is 0 Å². The van der Waals surface area contributed by atoms with E-state index >= 15 is 0 Å². The summed E-state index contributed by atoms with van der Waals surface area (Å²) in [6, 6.07) is 6.76. The first-order valence-electron chi connectivity index (χ1n) is 4.80. The van der Waals surface area contributed by atoms with Crippen LogP contribution >= 0.6 is 0 Å². The second-order valence-electron chi connectivity index (χ2n) is 3.34. The van der Waals surface area contributed by atoms with Gasteiger partial charge in [0.25, 0.3) is 0 Å². The van der Waals surface area contributed by atoms with Crippen LogP contribution in [0.15, 0.2) is 40.9 Å². The third-order valence-electron chi connectivity index (χ3n) is 2.40. The molecule has 0 N–H and O–H groups in total. The predicted octanol–water partition coefficient (Wildman–Crippen LogP) is 2.96. The monoisotopic (exact) mass is 189 g/mol. The fourth-order valence-electron chi connectivity index (χ4n) is 1.52. The van der Waals surface area contributed by atoms with E-state index in [1.54, 1.807) is 12.1 Å². The molecule has 2 rings (SSSR count). The van der Waals surface area contributed by atoms with Gasteiger partial charge in [0.15, 0.2) is 0 Å². The number of nitrogens with zero attached hydrogens (tertiary/aromatic N) is 1. The zero-order valence-corrected chi connectivity index (χ0v) is 8.13. The molecule has 0 unspecified atom stereocenters. The summed E-state index contributed by atoms with van der Waals surface area (Å²) in [7, 11) is 0. The molecule has 0 radical (unpaired) electrons. The van der Waals surface area contributed by atoms with Crippen molar-refractivity contribution in [3.63, 3.8) is 0 Å². The van der Waals surface area contributed by atoms with Crippen molar-refractivity contribution in [2.75, 3.05) is 6.54 Å². The van der Waals surface area contributed by atoms with Crippen LogP contribution in [0.5, 0.6) is 0 Å². The lowest BCUT2D eigenvalue weighted by atomic mass is 10.1. The van der Waals surface area contributed by atoms with E-state index in [0.29, 0.717) is 5.56 Å². The van der Waals surface area contributed by atoms with E-state index < -0.39 is 0 Å². The Morgan fingerprint density at radius 3 is 2.79 bits per heavy atom. The van der Waals surface area contributed by atoms with Gasteiger partial charge in [-0.15, -0.1) is 0 Å². The highest BCUT2D eigenvalue weighted by Gasteiger charge is 2.11. The smallest absolute Gasteiger partial charge is 0.132 e. The third kappa shape index (κ3) is 1.60. The van der Waals surface area contributed by atoms with E-state index in [2.05, 4.69) is 11.9 Å². The third-order valence-corrected chi connectivity index (χ3v) is 2.40. The summed E-state index contributed by atoms with van der Waals surface area (Å²) in [5.74, 6) is -0.195. The molecule has 0 saturated carbocycles. The molecule has 0 spiro atoms. The largest absolute Gasteiger partial charge is 0.280 e. The van der Waals surface area contributed by atoms with Crippen LogP contribution in [0.3, 0.4) is 0 Å². The van der Waals surface area contributed by atoms with Crippen molar-refractivity contribution >= 4 is 5.71 Å². The van der Waals surface area contributed by atoms with Gasteiger partial charge in [0.05, 0.1) is 12.3 Å². The van der Waals surface area contributed by atoms with Gasteiger partial charge in [-0.3, -0.25) is 4.99 Å². The van der Waals surface area contributed by atoms with Crippen molar-refractivity contribution in [1.29, 1.82) is 0 Å². The molecule has 0 aromatic heterocycles. The Kier molecular flexibility index (Phi) is 2.44. The van der Waals surface area contributed by atoms with Gasteiger partial charge >= 0.3 is 0 Å². The molecule has 0 bridgehead atoms. The summed E-state index contributed by atoms with van der Waals surface area (Å²) in [4.78, 5) is 4.30. The Bertz CT molecular complexity index is 405. The van der Waals surface area contributed by atoms with Gasteiger partial charge in [-0.1, -0.05) is 19.1 Å². The van der Waals surface area contributed by atoms with Crippen molar-refractivity contribution in [2.45, 2.75) is 13.3 Å². The normalized spacial score (nSPS) is 15.3. The first-order chi connectivity index (χ1) is 6.81.